The Kier molecular flexibility index (Phi) is 5.52. The predicted molar refractivity (Wildman–Crippen MR) is 101 cm³/mol. The molecule has 0 aliphatic heterocycles. The molecule has 2 N–H and O–H groups in total. The number of hydrogen-bond acceptors (Lipinski definition) is 3. The first-order valence-corrected chi connectivity index (χ1v) is 9.82. The number of rotatable bonds is 7. The van der Waals surface area contributed by atoms with Crippen molar-refractivity contribution in [3.63, 3.8) is 0 Å². The fraction of sp³-hybridized carbons (Fsp3) is 1.00. The molecular formula is C21H41NO2. The minimum atomic E-state index is -0.435. The highest BCUT2D eigenvalue weighted by molar-refractivity contribution is 5.11. The van der Waals surface area contributed by atoms with Crippen molar-refractivity contribution in [3.05, 3.63) is 0 Å². The molecule has 3 nitrogen and oxygen atoms in total. The summed E-state index contributed by atoms with van der Waals surface area (Å²) in [6, 6.07) is 0. The highest BCUT2D eigenvalue weighted by Gasteiger charge is 2.61. The zero-order valence-electron chi connectivity index (χ0n) is 17.3. The van der Waals surface area contributed by atoms with E-state index in [0.29, 0.717) is 24.7 Å². The van der Waals surface area contributed by atoms with Crippen molar-refractivity contribution in [1.82, 2.24) is 5.32 Å². The molecule has 0 radical (unpaired) electrons. The lowest BCUT2D eigenvalue weighted by Crippen LogP contribution is -2.47. The summed E-state index contributed by atoms with van der Waals surface area (Å²) in [6.07, 6.45) is 4.72. The number of fused-ring (bicyclic) bond motifs is 2. The molecule has 2 fully saturated rings. The Balaban J connectivity index is 1.78. The second kappa shape index (κ2) is 6.55. The van der Waals surface area contributed by atoms with Crippen LogP contribution >= 0.6 is 0 Å². The third-order valence-electron chi connectivity index (χ3n) is 6.99. The lowest BCUT2D eigenvalue weighted by Gasteiger charge is -2.39. The van der Waals surface area contributed by atoms with Gasteiger partial charge < -0.3 is 15.2 Å². The first-order chi connectivity index (χ1) is 10.8. The summed E-state index contributed by atoms with van der Waals surface area (Å²) in [4.78, 5) is 0. The Bertz CT molecular complexity index is 438. The fourth-order valence-electron chi connectivity index (χ4n) is 5.45. The van der Waals surface area contributed by atoms with Crippen LogP contribution in [0.15, 0.2) is 0 Å². The van der Waals surface area contributed by atoms with Crippen molar-refractivity contribution in [1.29, 1.82) is 0 Å². The van der Waals surface area contributed by atoms with Gasteiger partial charge in [-0.25, -0.2) is 0 Å². The van der Waals surface area contributed by atoms with E-state index in [2.05, 4.69) is 60.7 Å². The first-order valence-electron chi connectivity index (χ1n) is 9.82. The second-order valence-electron chi connectivity index (χ2n) is 11.1. The number of aliphatic hydroxyl groups excluding tert-OH is 1. The maximum absolute atomic E-state index is 10.4. The number of ether oxygens (including phenoxy) is 1. The largest absolute Gasteiger partial charge is 0.389 e. The van der Waals surface area contributed by atoms with E-state index in [4.69, 9.17) is 4.74 Å². The number of nitrogens with one attached hydrogen (secondary N) is 1. The van der Waals surface area contributed by atoms with Gasteiger partial charge in [0.1, 0.15) is 0 Å². The molecule has 0 amide bonds. The van der Waals surface area contributed by atoms with Crippen LogP contribution < -0.4 is 5.32 Å². The molecular weight excluding hydrogens is 298 g/mol. The average molecular weight is 340 g/mol. The van der Waals surface area contributed by atoms with Crippen molar-refractivity contribution < 1.29 is 9.84 Å². The van der Waals surface area contributed by atoms with Crippen LogP contribution in [0.3, 0.4) is 0 Å². The van der Waals surface area contributed by atoms with Gasteiger partial charge in [0.05, 0.1) is 18.8 Å². The van der Waals surface area contributed by atoms with Gasteiger partial charge in [0, 0.05) is 12.1 Å². The van der Waals surface area contributed by atoms with Gasteiger partial charge in [0.15, 0.2) is 0 Å². The third kappa shape index (κ3) is 4.16. The maximum atomic E-state index is 10.4. The highest BCUT2D eigenvalue weighted by atomic mass is 16.5. The summed E-state index contributed by atoms with van der Waals surface area (Å²) < 4.78 is 6.21. The van der Waals surface area contributed by atoms with E-state index >= 15 is 0 Å². The van der Waals surface area contributed by atoms with E-state index in [9.17, 15) is 5.11 Å². The van der Waals surface area contributed by atoms with Crippen LogP contribution in [0.1, 0.15) is 81.1 Å². The molecule has 0 spiro atoms. The molecule has 0 aromatic heterocycles. The van der Waals surface area contributed by atoms with E-state index in [1.54, 1.807) is 0 Å². The topological polar surface area (TPSA) is 41.5 Å². The molecule has 142 valence electrons. The monoisotopic (exact) mass is 339 g/mol. The van der Waals surface area contributed by atoms with E-state index in [1.165, 1.54) is 19.3 Å². The van der Waals surface area contributed by atoms with Crippen LogP contribution in [0.2, 0.25) is 0 Å². The summed E-state index contributed by atoms with van der Waals surface area (Å²) in [5.41, 5.74) is 0.951. The van der Waals surface area contributed by atoms with Crippen molar-refractivity contribution in [2.75, 3.05) is 13.2 Å². The standard InChI is InChI=1S/C21H41NO2/c1-18(2,3)14-19(4,5)22-12-16(23)13-24-17-11-15-9-10-21(17,8)20(15,6)7/h15-17,22-23H,9-14H2,1-8H3/t15-,16-,17+,21-/m1/s1. The third-order valence-corrected chi connectivity index (χ3v) is 6.99. The van der Waals surface area contributed by atoms with Gasteiger partial charge in [-0.15, -0.1) is 0 Å². The van der Waals surface area contributed by atoms with Crippen molar-refractivity contribution >= 4 is 0 Å². The summed E-state index contributed by atoms with van der Waals surface area (Å²) in [5.74, 6) is 0.786. The summed E-state index contributed by atoms with van der Waals surface area (Å²) in [5, 5.41) is 13.9. The number of hydrogen-bond donors (Lipinski definition) is 2. The normalized spacial score (nSPS) is 33.9. The fourth-order valence-corrected chi connectivity index (χ4v) is 5.45. The smallest absolute Gasteiger partial charge is 0.0898 e. The van der Waals surface area contributed by atoms with Crippen LogP contribution in [-0.2, 0) is 4.74 Å². The zero-order valence-corrected chi connectivity index (χ0v) is 17.3. The molecule has 0 heterocycles. The number of aliphatic hydroxyl groups is 1. The molecule has 2 saturated carbocycles. The molecule has 2 rings (SSSR count). The molecule has 2 aliphatic carbocycles. The van der Waals surface area contributed by atoms with E-state index < -0.39 is 6.10 Å². The Hall–Kier alpha value is -0.120. The Morgan fingerprint density at radius 3 is 2.25 bits per heavy atom. The van der Waals surface area contributed by atoms with Crippen LogP contribution in [-0.4, -0.2) is 36.0 Å². The first kappa shape index (κ1) is 20.2. The Morgan fingerprint density at radius 2 is 1.79 bits per heavy atom. The summed E-state index contributed by atoms with van der Waals surface area (Å²) in [6.45, 7) is 19.4. The molecule has 2 bridgehead atoms. The predicted octanol–water partition coefficient (Wildman–Crippen LogP) is 4.38. The maximum Gasteiger partial charge on any atom is 0.0898 e. The van der Waals surface area contributed by atoms with Gasteiger partial charge in [-0.1, -0.05) is 41.5 Å². The number of β-amino-alcohol motifs (C(OH)–C–C–N with tert-alkyl or cyclic N) is 1. The van der Waals surface area contributed by atoms with Gasteiger partial charge in [-0.2, -0.15) is 0 Å². The molecule has 0 saturated heterocycles. The van der Waals surface area contributed by atoms with Crippen molar-refractivity contribution in [3.8, 4) is 0 Å². The summed E-state index contributed by atoms with van der Waals surface area (Å²) >= 11 is 0. The summed E-state index contributed by atoms with van der Waals surface area (Å²) in [7, 11) is 0. The highest BCUT2D eigenvalue weighted by Crippen LogP contribution is 2.66. The van der Waals surface area contributed by atoms with E-state index in [1.807, 2.05) is 0 Å². The Morgan fingerprint density at radius 1 is 1.17 bits per heavy atom. The van der Waals surface area contributed by atoms with Gasteiger partial charge in [-0.05, 0) is 61.7 Å². The quantitative estimate of drug-likeness (QED) is 0.723. The lowest BCUT2D eigenvalue weighted by molar-refractivity contribution is -0.0750. The average Bonchev–Trinajstić information content (AvgIpc) is 2.73. The van der Waals surface area contributed by atoms with Crippen LogP contribution in [0, 0.1) is 22.2 Å². The van der Waals surface area contributed by atoms with Crippen LogP contribution in [0.4, 0.5) is 0 Å². The lowest BCUT2D eigenvalue weighted by atomic mass is 9.70. The molecule has 24 heavy (non-hydrogen) atoms. The van der Waals surface area contributed by atoms with Gasteiger partial charge >= 0.3 is 0 Å². The SMILES string of the molecule is CC(C)(C)CC(C)(C)NC[C@@H](O)CO[C@H]1C[C@H]2CC[C@@]1(C)C2(C)C. The van der Waals surface area contributed by atoms with E-state index in [0.717, 1.165) is 12.3 Å². The molecule has 0 unspecified atom stereocenters. The van der Waals surface area contributed by atoms with E-state index in [-0.39, 0.29) is 16.4 Å². The molecule has 2 aliphatic rings. The van der Waals surface area contributed by atoms with Crippen molar-refractivity contribution in [2.45, 2.75) is 98.8 Å². The minimum absolute atomic E-state index is 0.0274. The molecule has 4 atom stereocenters. The molecule has 0 aromatic carbocycles. The van der Waals surface area contributed by atoms with Crippen molar-refractivity contribution in [2.24, 2.45) is 22.2 Å². The van der Waals surface area contributed by atoms with Crippen LogP contribution in [0.25, 0.3) is 0 Å². The van der Waals surface area contributed by atoms with Gasteiger partial charge in [0.25, 0.3) is 0 Å². The zero-order chi connectivity index (χ0) is 18.4. The molecule has 0 aromatic rings. The van der Waals surface area contributed by atoms with Gasteiger partial charge in [-0.3, -0.25) is 0 Å². The Labute approximate surface area is 149 Å². The second-order valence-corrected chi connectivity index (χ2v) is 11.1. The molecule has 3 heteroatoms. The van der Waals surface area contributed by atoms with Crippen LogP contribution in [0.5, 0.6) is 0 Å². The van der Waals surface area contributed by atoms with Gasteiger partial charge in [0.2, 0.25) is 0 Å². The minimum Gasteiger partial charge on any atom is -0.389 e.